The maximum absolute atomic E-state index is 11.2. The number of nitrogens with two attached hydrogens (primary N) is 1. The molecule has 1 aromatic carbocycles. The molecule has 0 saturated carbocycles. The van der Waals surface area contributed by atoms with Crippen LogP contribution in [-0.4, -0.2) is 25.5 Å². The van der Waals surface area contributed by atoms with Crippen molar-refractivity contribution in [3.8, 4) is 0 Å². The third kappa shape index (κ3) is 2.44. The van der Waals surface area contributed by atoms with Crippen molar-refractivity contribution in [2.24, 2.45) is 5.73 Å². The minimum absolute atomic E-state index is 0.270. The van der Waals surface area contributed by atoms with Crippen LogP contribution in [0.1, 0.15) is 10.4 Å². The zero-order valence-corrected chi connectivity index (χ0v) is 13.8. The Morgan fingerprint density at radius 1 is 1.30 bits per heavy atom. The summed E-state index contributed by atoms with van der Waals surface area (Å²) in [4.78, 5) is 16.2. The SMILES string of the molecule is NC(=O)c1cnc(Sc2nnc3sc4ccccc4n23)c(Cl)c1. The quantitative estimate of drug-likeness (QED) is 0.605. The number of nitrogens with zero attached hydrogens (tertiary/aromatic N) is 4. The summed E-state index contributed by atoms with van der Waals surface area (Å²) in [7, 11) is 0. The second-order valence-corrected chi connectivity index (χ2v) is 7.02. The number of carbonyl (C=O) groups excluding carboxylic acids is 1. The van der Waals surface area contributed by atoms with Gasteiger partial charge in [0.1, 0.15) is 5.03 Å². The van der Waals surface area contributed by atoms with Crippen LogP contribution in [0.4, 0.5) is 0 Å². The van der Waals surface area contributed by atoms with Crippen molar-refractivity contribution in [2.75, 3.05) is 0 Å². The van der Waals surface area contributed by atoms with Gasteiger partial charge in [-0.05, 0) is 30.0 Å². The van der Waals surface area contributed by atoms with Gasteiger partial charge in [0.15, 0.2) is 0 Å². The second-order valence-electron chi connectivity index (χ2n) is 4.65. The summed E-state index contributed by atoms with van der Waals surface area (Å²) in [5, 5.41) is 9.95. The molecule has 0 saturated heterocycles. The van der Waals surface area contributed by atoms with E-state index in [9.17, 15) is 4.79 Å². The van der Waals surface area contributed by atoms with Crippen molar-refractivity contribution in [3.05, 3.63) is 47.1 Å². The number of hydrogen-bond donors (Lipinski definition) is 1. The Labute approximate surface area is 143 Å². The summed E-state index contributed by atoms with van der Waals surface area (Å²) < 4.78 is 3.09. The molecule has 0 aliphatic carbocycles. The molecule has 23 heavy (non-hydrogen) atoms. The van der Waals surface area contributed by atoms with Crippen molar-refractivity contribution in [3.63, 3.8) is 0 Å². The maximum atomic E-state index is 11.2. The van der Waals surface area contributed by atoms with Gasteiger partial charge in [0.2, 0.25) is 16.0 Å². The highest BCUT2D eigenvalue weighted by atomic mass is 35.5. The zero-order valence-electron chi connectivity index (χ0n) is 11.4. The van der Waals surface area contributed by atoms with E-state index in [-0.39, 0.29) is 5.56 Å². The van der Waals surface area contributed by atoms with E-state index in [0.29, 0.717) is 15.2 Å². The van der Waals surface area contributed by atoms with E-state index < -0.39 is 5.91 Å². The van der Waals surface area contributed by atoms with E-state index in [2.05, 4.69) is 15.2 Å². The summed E-state index contributed by atoms with van der Waals surface area (Å²) in [5.41, 5.74) is 6.52. The molecule has 0 bridgehead atoms. The van der Waals surface area contributed by atoms with Gasteiger partial charge in [0.05, 0.1) is 20.8 Å². The molecule has 6 nitrogen and oxygen atoms in total. The molecule has 3 heterocycles. The number of primary amides is 1. The first-order chi connectivity index (χ1) is 11.1. The van der Waals surface area contributed by atoms with E-state index >= 15 is 0 Å². The fraction of sp³-hybridized carbons (Fsp3) is 0. The Hall–Kier alpha value is -2.16. The Bertz CT molecular complexity index is 1060. The average Bonchev–Trinajstić information content (AvgIpc) is 3.09. The van der Waals surface area contributed by atoms with Gasteiger partial charge >= 0.3 is 0 Å². The molecule has 0 unspecified atom stereocenters. The molecule has 0 fully saturated rings. The summed E-state index contributed by atoms with van der Waals surface area (Å²) in [6.45, 7) is 0. The highest BCUT2D eigenvalue weighted by Crippen LogP contribution is 2.34. The lowest BCUT2D eigenvalue weighted by Crippen LogP contribution is -2.11. The minimum Gasteiger partial charge on any atom is -0.366 e. The summed E-state index contributed by atoms with van der Waals surface area (Å²) in [5.74, 6) is -0.565. The summed E-state index contributed by atoms with van der Waals surface area (Å²) >= 11 is 9.04. The van der Waals surface area contributed by atoms with Crippen molar-refractivity contribution < 1.29 is 4.79 Å². The Kier molecular flexibility index (Phi) is 3.44. The zero-order chi connectivity index (χ0) is 16.0. The molecule has 2 N–H and O–H groups in total. The van der Waals surface area contributed by atoms with E-state index in [1.54, 1.807) is 11.3 Å². The lowest BCUT2D eigenvalue weighted by atomic mass is 10.3. The van der Waals surface area contributed by atoms with Crippen LogP contribution in [0.2, 0.25) is 5.02 Å². The first kappa shape index (κ1) is 14.4. The van der Waals surface area contributed by atoms with E-state index in [1.165, 1.54) is 24.0 Å². The summed E-state index contributed by atoms with van der Waals surface area (Å²) in [6.07, 6.45) is 1.40. The Balaban J connectivity index is 1.80. The monoisotopic (exact) mass is 361 g/mol. The van der Waals surface area contributed by atoms with Crippen molar-refractivity contribution in [1.29, 1.82) is 0 Å². The predicted octanol–water partition coefficient (Wildman–Crippen LogP) is 3.24. The molecule has 4 aromatic rings. The Morgan fingerprint density at radius 3 is 2.91 bits per heavy atom. The molecule has 1 amide bonds. The van der Waals surface area contributed by atoms with Crippen LogP contribution in [0.5, 0.6) is 0 Å². The number of halogens is 1. The number of amides is 1. The van der Waals surface area contributed by atoms with Gasteiger partial charge in [0.25, 0.3) is 0 Å². The number of rotatable bonds is 3. The molecule has 114 valence electrons. The molecule has 0 radical (unpaired) electrons. The van der Waals surface area contributed by atoms with Crippen molar-refractivity contribution in [2.45, 2.75) is 10.2 Å². The maximum Gasteiger partial charge on any atom is 0.250 e. The standard InChI is InChI=1S/C14H8ClN5OS2/c15-8-5-7(11(16)21)6-17-12(8)23-14-19-18-13-20(14)9-3-1-2-4-10(9)22-13/h1-6H,(H2,16,21). The number of hydrogen-bond acceptors (Lipinski definition) is 6. The first-order valence-electron chi connectivity index (χ1n) is 6.49. The lowest BCUT2D eigenvalue weighted by molar-refractivity contribution is 0.1000. The lowest BCUT2D eigenvalue weighted by Gasteiger charge is -2.03. The van der Waals surface area contributed by atoms with Crippen LogP contribution in [0, 0.1) is 0 Å². The topological polar surface area (TPSA) is 86.2 Å². The number of pyridine rings is 1. The molecule has 0 atom stereocenters. The van der Waals surface area contributed by atoms with Crippen LogP contribution >= 0.6 is 34.7 Å². The Morgan fingerprint density at radius 2 is 2.13 bits per heavy atom. The minimum atomic E-state index is -0.565. The third-order valence-electron chi connectivity index (χ3n) is 3.19. The predicted molar refractivity (Wildman–Crippen MR) is 90.3 cm³/mol. The van der Waals surface area contributed by atoms with Gasteiger partial charge < -0.3 is 5.73 Å². The molecule has 4 rings (SSSR count). The van der Waals surface area contributed by atoms with E-state index in [0.717, 1.165) is 15.2 Å². The fourth-order valence-electron chi connectivity index (χ4n) is 2.14. The number of para-hydroxylation sites is 1. The molecular formula is C14H8ClN5OS2. The largest absolute Gasteiger partial charge is 0.366 e. The average molecular weight is 362 g/mol. The van der Waals surface area contributed by atoms with Gasteiger partial charge in [-0.25, -0.2) is 4.98 Å². The highest BCUT2D eigenvalue weighted by Gasteiger charge is 2.16. The van der Waals surface area contributed by atoms with Crippen LogP contribution in [0.25, 0.3) is 15.2 Å². The third-order valence-corrected chi connectivity index (χ3v) is 5.57. The number of aromatic nitrogens is 4. The van der Waals surface area contributed by atoms with Crippen LogP contribution in [0.3, 0.4) is 0 Å². The molecule has 3 aromatic heterocycles. The molecular weight excluding hydrogens is 354 g/mol. The van der Waals surface area contributed by atoms with Gasteiger partial charge in [-0.3, -0.25) is 9.20 Å². The number of benzene rings is 1. The smallest absolute Gasteiger partial charge is 0.250 e. The van der Waals surface area contributed by atoms with Gasteiger partial charge in [-0.15, -0.1) is 10.2 Å². The molecule has 0 spiro atoms. The normalized spacial score (nSPS) is 11.3. The van der Waals surface area contributed by atoms with Crippen molar-refractivity contribution >= 4 is 55.8 Å². The number of thiazole rings is 1. The van der Waals surface area contributed by atoms with E-state index in [4.69, 9.17) is 17.3 Å². The molecule has 0 aliphatic heterocycles. The number of fused-ring (bicyclic) bond motifs is 3. The van der Waals surface area contributed by atoms with Crippen LogP contribution in [0.15, 0.2) is 46.7 Å². The highest BCUT2D eigenvalue weighted by molar-refractivity contribution is 7.99. The fourth-order valence-corrected chi connectivity index (χ4v) is 4.24. The summed E-state index contributed by atoms with van der Waals surface area (Å²) in [6, 6.07) is 9.51. The molecule has 0 aliphatic rings. The van der Waals surface area contributed by atoms with Crippen LogP contribution in [-0.2, 0) is 0 Å². The van der Waals surface area contributed by atoms with Gasteiger partial charge in [-0.1, -0.05) is 35.1 Å². The molecule has 9 heteroatoms. The second kappa shape index (κ2) is 5.48. The van der Waals surface area contributed by atoms with Crippen LogP contribution < -0.4 is 5.73 Å². The van der Waals surface area contributed by atoms with Gasteiger partial charge in [-0.2, -0.15) is 0 Å². The number of carbonyl (C=O) groups is 1. The van der Waals surface area contributed by atoms with E-state index in [1.807, 2.05) is 28.7 Å². The van der Waals surface area contributed by atoms with Crippen molar-refractivity contribution in [1.82, 2.24) is 19.6 Å². The first-order valence-corrected chi connectivity index (χ1v) is 8.50. The van der Waals surface area contributed by atoms with Gasteiger partial charge in [0, 0.05) is 6.20 Å².